The fraction of sp³-hybridized carbons (Fsp3) is 0.500. The summed E-state index contributed by atoms with van der Waals surface area (Å²) in [5.74, 6) is 0.602. The van der Waals surface area contributed by atoms with Gasteiger partial charge in [-0.15, -0.1) is 0 Å². The lowest BCUT2D eigenvalue weighted by molar-refractivity contribution is -0.145. The number of rotatable bonds is 10. The van der Waals surface area contributed by atoms with Crippen LogP contribution in [-0.4, -0.2) is 47.1 Å². The number of carbonyl (C=O) groups excluding carboxylic acids is 1. The molecule has 0 N–H and O–H groups in total. The van der Waals surface area contributed by atoms with Crippen molar-refractivity contribution in [1.29, 1.82) is 0 Å². The van der Waals surface area contributed by atoms with Gasteiger partial charge >= 0.3 is 5.97 Å². The SMILES string of the molecule is CCOC(=O)COc1cccc(OCCCOS(C)(=O)=O)c1. The topological polar surface area (TPSA) is 88.1 Å². The van der Waals surface area contributed by atoms with Gasteiger partial charge in [-0.1, -0.05) is 6.07 Å². The van der Waals surface area contributed by atoms with Crippen LogP contribution in [-0.2, 0) is 23.8 Å². The highest BCUT2D eigenvalue weighted by Crippen LogP contribution is 2.19. The summed E-state index contributed by atoms with van der Waals surface area (Å²) < 4.78 is 41.6. The quantitative estimate of drug-likeness (QED) is 0.363. The van der Waals surface area contributed by atoms with Crippen molar-refractivity contribution in [1.82, 2.24) is 0 Å². The molecule has 8 heteroatoms. The van der Waals surface area contributed by atoms with E-state index in [2.05, 4.69) is 4.18 Å². The van der Waals surface area contributed by atoms with Crippen molar-refractivity contribution >= 4 is 16.1 Å². The smallest absolute Gasteiger partial charge is 0.344 e. The number of ether oxygens (including phenoxy) is 3. The maximum Gasteiger partial charge on any atom is 0.344 e. The molecule has 22 heavy (non-hydrogen) atoms. The van der Waals surface area contributed by atoms with Crippen molar-refractivity contribution in [2.45, 2.75) is 13.3 Å². The summed E-state index contributed by atoms with van der Waals surface area (Å²) in [4.78, 5) is 11.2. The maximum absolute atomic E-state index is 11.2. The molecule has 0 spiro atoms. The third-order valence-corrected chi connectivity index (χ3v) is 2.92. The van der Waals surface area contributed by atoms with Crippen molar-refractivity contribution in [3.8, 4) is 11.5 Å². The summed E-state index contributed by atoms with van der Waals surface area (Å²) in [6, 6.07) is 6.78. The van der Waals surface area contributed by atoms with E-state index in [0.717, 1.165) is 6.26 Å². The predicted molar refractivity (Wildman–Crippen MR) is 79.5 cm³/mol. The Morgan fingerprint density at radius 1 is 1.14 bits per heavy atom. The second-order valence-electron chi connectivity index (χ2n) is 4.30. The van der Waals surface area contributed by atoms with Gasteiger partial charge in [-0.25, -0.2) is 4.79 Å². The van der Waals surface area contributed by atoms with Crippen molar-refractivity contribution < 1.29 is 31.6 Å². The van der Waals surface area contributed by atoms with Crippen molar-refractivity contribution in [3.63, 3.8) is 0 Å². The highest BCUT2D eigenvalue weighted by molar-refractivity contribution is 7.85. The predicted octanol–water partition coefficient (Wildman–Crippen LogP) is 1.37. The first-order valence-corrected chi connectivity index (χ1v) is 8.58. The first-order valence-electron chi connectivity index (χ1n) is 6.76. The lowest BCUT2D eigenvalue weighted by Gasteiger charge is -2.09. The van der Waals surface area contributed by atoms with Crippen molar-refractivity contribution in [3.05, 3.63) is 24.3 Å². The van der Waals surface area contributed by atoms with Crippen molar-refractivity contribution in [2.75, 3.05) is 32.7 Å². The van der Waals surface area contributed by atoms with Gasteiger partial charge in [0.15, 0.2) is 6.61 Å². The van der Waals surface area contributed by atoms with E-state index >= 15 is 0 Å². The second kappa shape index (κ2) is 9.26. The summed E-state index contributed by atoms with van der Waals surface area (Å²) in [7, 11) is -3.42. The minimum atomic E-state index is -3.42. The Bertz CT molecular complexity index is 568. The van der Waals surface area contributed by atoms with Gasteiger partial charge in [0.25, 0.3) is 10.1 Å². The zero-order chi connectivity index (χ0) is 16.4. The molecule has 0 atom stereocenters. The van der Waals surface area contributed by atoms with Gasteiger partial charge < -0.3 is 14.2 Å². The largest absolute Gasteiger partial charge is 0.493 e. The van der Waals surface area contributed by atoms with Crippen LogP contribution in [0.5, 0.6) is 11.5 Å². The minimum absolute atomic E-state index is 0.0673. The van der Waals surface area contributed by atoms with Crippen LogP contribution in [0.3, 0.4) is 0 Å². The third kappa shape index (κ3) is 8.48. The summed E-state index contributed by atoms with van der Waals surface area (Å²) in [5, 5.41) is 0. The molecule has 7 nitrogen and oxygen atoms in total. The van der Waals surface area contributed by atoms with E-state index < -0.39 is 16.1 Å². The Kier molecular flexibility index (Phi) is 7.69. The van der Waals surface area contributed by atoms with Gasteiger partial charge in [-0.05, 0) is 19.1 Å². The number of hydrogen-bond donors (Lipinski definition) is 0. The molecule has 1 rings (SSSR count). The maximum atomic E-state index is 11.2. The molecule has 1 aromatic carbocycles. The average molecular weight is 332 g/mol. The van der Waals surface area contributed by atoms with E-state index in [1.807, 2.05) is 0 Å². The molecular formula is C14H20O7S. The van der Waals surface area contributed by atoms with Crippen LogP contribution in [0, 0.1) is 0 Å². The van der Waals surface area contributed by atoms with E-state index in [9.17, 15) is 13.2 Å². The Hall–Kier alpha value is -1.80. The molecule has 0 unspecified atom stereocenters. The zero-order valence-corrected chi connectivity index (χ0v) is 13.4. The van der Waals surface area contributed by atoms with Crippen LogP contribution in [0.2, 0.25) is 0 Å². The highest BCUT2D eigenvalue weighted by Gasteiger charge is 2.04. The number of esters is 1. The van der Waals surface area contributed by atoms with Crippen LogP contribution >= 0.6 is 0 Å². The van der Waals surface area contributed by atoms with Crippen LogP contribution in [0.1, 0.15) is 13.3 Å². The van der Waals surface area contributed by atoms with Gasteiger partial charge in [-0.2, -0.15) is 8.42 Å². The summed E-state index contributed by atoms with van der Waals surface area (Å²) >= 11 is 0. The fourth-order valence-electron chi connectivity index (χ4n) is 1.46. The molecule has 0 radical (unpaired) electrons. The molecule has 0 amide bonds. The summed E-state index contributed by atoms with van der Waals surface area (Å²) in [6.07, 6.45) is 1.43. The van der Waals surface area contributed by atoms with Gasteiger partial charge in [0, 0.05) is 12.5 Å². The van der Waals surface area contributed by atoms with E-state index in [-0.39, 0.29) is 13.2 Å². The summed E-state index contributed by atoms with van der Waals surface area (Å²) in [6.45, 7) is 2.23. The third-order valence-electron chi connectivity index (χ3n) is 2.32. The van der Waals surface area contributed by atoms with Crippen LogP contribution in [0.25, 0.3) is 0 Å². The number of carbonyl (C=O) groups is 1. The van der Waals surface area contributed by atoms with E-state index in [4.69, 9.17) is 14.2 Å². The molecule has 0 heterocycles. The Morgan fingerprint density at radius 2 is 1.82 bits per heavy atom. The molecule has 1 aromatic rings. The normalized spacial score (nSPS) is 11.0. The summed E-state index contributed by atoms with van der Waals surface area (Å²) in [5.41, 5.74) is 0. The molecule has 0 aliphatic heterocycles. The van der Waals surface area contributed by atoms with Gasteiger partial charge in [0.05, 0.1) is 26.1 Å². The van der Waals surface area contributed by atoms with Crippen LogP contribution < -0.4 is 9.47 Å². The van der Waals surface area contributed by atoms with Gasteiger partial charge in [-0.3, -0.25) is 4.18 Å². The number of hydrogen-bond acceptors (Lipinski definition) is 7. The first kappa shape index (κ1) is 18.2. The molecule has 0 aromatic heterocycles. The molecule has 0 bridgehead atoms. The van der Waals surface area contributed by atoms with Crippen LogP contribution in [0.15, 0.2) is 24.3 Å². The molecule has 124 valence electrons. The van der Waals surface area contributed by atoms with Gasteiger partial charge in [0.2, 0.25) is 0 Å². The lowest BCUT2D eigenvalue weighted by atomic mass is 10.3. The van der Waals surface area contributed by atoms with Crippen molar-refractivity contribution in [2.24, 2.45) is 0 Å². The molecule has 0 saturated carbocycles. The Labute approximate surface area is 130 Å². The van der Waals surface area contributed by atoms with E-state index in [1.165, 1.54) is 0 Å². The van der Waals surface area contributed by atoms with E-state index in [1.54, 1.807) is 31.2 Å². The monoisotopic (exact) mass is 332 g/mol. The first-order chi connectivity index (χ1) is 10.4. The second-order valence-corrected chi connectivity index (χ2v) is 5.94. The molecular weight excluding hydrogens is 312 g/mol. The van der Waals surface area contributed by atoms with E-state index in [0.29, 0.717) is 31.1 Å². The fourth-order valence-corrected chi connectivity index (χ4v) is 1.88. The molecule has 0 aliphatic carbocycles. The molecule has 0 saturated heterocycles. The Balaban J connectivity index is 2.33. The Morgan fingerprint density at radius 3 is 2.45 bits per heavy atom. The van der Waals surface area contributed by atoms with Crippen LogP contribution in [0.4, 0.5) is 0 Å². The number of benzene rings is 1. The average Bonchev–Trinajstić information content (AvgIpc) is 2.44. The van der Waals surface area contributed by atoms with Gasteiger partial charge in [0.1, 0.15) is 11.5 Å². The minimum Gasteiger partial charge on any atom is -0.493 e. The standard InChI is InChI=1S/C14H20O7S/c1-3-18-14(15)11-20-13-7-4-6-12(10-13)19-8-5-9-21-22(2,16)17/h4,6-7,10H,3,5,8-9,11H2,1-2H3. The zero-order valence-electron chi connectivity index (χ0n) is 12.6. The molecule has 0 fully saturated rings. The lowest BCUT2D eigenvalue weighted by Crippen LogP contribution is -2.14. The highest BCUT2D eigenvalue weighted by atomic mass is 32.2. The molecule has 0 aliphatic rings.